The second-order valence-corrected chi connectivity index (χ2v) is 4.60. The molecule has 0 bridgehead atoms. The van der Waals surface area contributed by atoms with Crippen LogP contribution in [0.2, 0.25) is 0 Å². The molecule has 0 aromatic heterocycles. The molecule has 1 aliphatic carbocycles. The zero-order chi connectivity index (χ0) is 9.97. The van der Waals surface area contributed by atoms with E-state index in [2.05, 4.69) is 10.6 Å². The van der Waals surface area contributed by atoms with Crippen molar-refractivity contribution in [3.63, 3.8) is 0 Å². The van der Waals surface area contributed by atoms with Crippen LogP contribution in [-0.2, 0) is 4.79 Å². The summed E-state index contributed by atoms with van der Waals surface area (Å²) in [6.07, 6.45) is 5.06. The fraction of sp³-hybridized carbons (Fsp3) is 0.909. The van der Waals surface area contributed by atoms with Crippen LogP contribution in [0.15, 0.2) is 0 Å². The minimum Gasteiger partial charge on any atom is -0.356 e. The van der Waals surface area contributed by atoms with E-state index in [1.807, 2.05) is 7.05 Å². The zero-order valence-corrected chi connectivity index (χ0v) is 8.88. The number of carbonyl (C=O) groups excluding carboxylic acids is 1. The lowest BCUT2D eigenvalue weighted by Crippen LogP contribution is -2.38. The van der Waals surface area contributed by atoms with Crippen molar-refractivity contribution >= 4 is 5.91 Å². The van der Waals surface area contributed by atoms with Crippen molar-refractivity contribution in [1.82, 2.24) is 10.6 Å². The van der Waals surface area contributed by atoms with Crippen molar-refractivity contribution in [3.8, 4) is 0 Å². The van der Waals surface area contributed by atoms with E-state index in [0.29, 0.717) is 5.92 Å². The standard InChI is InChI=1S/C11H20N2O/c1-12-7-10(8-3-2-4-8)9-5-6-13-11(9)14/h8-10,12H,2-7H2,1H3,(H,13,14). The summed E-state index contributed by atoms with van der Waals surface area (Å²) in [5.41, 5.74) is 0. The summed E-state index contributed by atoms with van der Waals surface area (Å²) in [7, 11) is 1.98. The first-order valence-electron chi connectivity index (χ1n) is 5.75. The van der Waals surface area contributed by atoms with Gasteiger partial charge in [0.15, 0.2) is 0 Å². The van der Waals surface area contributed by atoms with Crippen molar-refractivity contribution in [2.45, 2.75) is 25.7 Å². The fourth-order valence-electron chi connectivity index (χ4n) is 2.76. The third kappa shape index (κ3) is 1.78. The van der Waals surface area contributed by atoms with Gasteiger partial charge in [0.25, 0.3) is 0 Å². The van der Waals surface area contributed by atoms with E-state index < -0.39 is 0 Å². The number of carbonyl (C=O) groups is 1. The van der Waals surface area contributed by atoms with Crippen LogP contribution in [0.1, 0.15) is 25.7 Å². The minimum atomic E-state index is 0.285. The van der Waals surface area contributed by atoms with E-state index in [4.69, 9.17) is 0 Å². The predicted octanol–water partition coefficient (Wildman–Crippen LogP) is 0.758. The molecule has 0 aromatic carbocycles. The lowest BCUT2D eigenvalue weighted by molar-refractivity contribution is -0.124. The Labute approximate surface area is 85.6 Å². The van der Waals surface area contributed by atoms with Gasteiger partial charge in [-0.2, -0.15) is 0 Å². The number of hydrogen-bond donors (Lipinski definition) is 2. The smallest absolute Gasteiger partial charge is 0.223 e. The Kier molecular flexibility index (Phi) is 3.06. The van der Waals surface area contributed by atoms with E-state index in [9.17, 15) is 4.79 Å². The molecule has 2 atom stereocenters. The molecule has 1 heterocycles. The van der Waals surface area contributed by atoms with Crippen LogP contribution < -0.4 is 10.6 Å². The van der Waals surface area contributed by atoms with Crippen LogP contribution >= 0.6 is 0 Å². The van der Waals surface area contributed by atoms with Gasteiger partial charge in [-0.25, -0.2) is 0 Å². The highest BCUT2D eigenvalue weighted by Crippen LogP contribution is 2.38. The lowest BCUT2D eigenvalue weighted by Gasteiger charge is -2.36. The molecule has 80 valence electrons. The average Bonchev–Trinajstić information content (AvgIpc) is 2.47. The van der Waals surface area contributed by atoms with E-state index in [1.165, 1.54) is 19.3 Å². The zero-order valence-electron chi connectivity index (χ0n) is 8.88. The summed E-state index contributed by atoms with van der Waals surface area (Å²) < 4.78 is 0. The van der Waals surface area contributed by atoms with Crippen molar-refractivity contribution in [1.29, 1.82) is 0 Å². The van der Waals surface area contributed by atoms with Crippen LogP contribution in [0, 0.1) is 17.8 Å². The molecule has 1 saturated heterocycles. The Bertz CT molecular complexity index is 213. The molecule has 3 heteroatoms. The molecule has 14 heavy (non-hydrogen) atoms. The second-order valence-electron chi connectivity index (χ2n) is 4.60. The van der Waals surface area contributed by atoms with Crippen LogP contribution in [0.25, 0.3) is 0 Å². The van der Waals surface area contributed by atoms with E-state index in [1.54, 1.807) is 0 Å². The SMILES string of the molecule is CNCC(C1CCC1)C1CCNC1=O. The maximum atomic E-state index is 11.6. The Balaban J connectivity index is 1.97. The number of nitrogens with one attached hydrogen (secondary N) is 2. The van der Waals surface area contributed by atoms with Crippen LogP contribution in [0.5, 0.6) is 0 Å². The van der Waals surface area contributed by atoms with E-state index in [-0.39, 0.29) is 11.8 Å². The van der Waals surface area contributed by atoms with Gasteiger partial charge in [-0.3, -0.25) is 4.79 Å². The third-order valence-electron chi connectivity index (χ3n) is 3.80. The van der Waals surface area contributed by atoms with Crippen molar-refractivity contribution in [3.05, 3.63) is 0 Å². The minimum absolute atomic E-state index is 0.285. The van der Waals surface area contributed by atoms with E-state index >= 15 is 0 Å². The summed E-state index contributed by atoms with van der Waals surface area (Å²) in [5, 5.41) is 6.18. The highest BCUT2D eigenvalue weighted by atomic mass is 16.2. The average molecular weight is 196 g/mol. The van der Waals surface area contributed by atoms with Gasteiger partial charge in [-0.15, -0.1) is 0 Å². The van der Waals surface area contributed by atoms with Gasteiger partial charge >= 0.3 is 0 Å². The fourth-order valence-corrected chi connectivity index (χ4v) is 2.76. The Morgan fingerprint density at radius 1 is 1.50 bits per heavy atom. The lowest BCUT2D eigenvalue weighted by atomic mass is 9.70. The first-order valence-corrected chi connectivity index (χ1v) is 5.75. The Morgan fingerprint density at radius 2 is 2.29 bits per heavy atom. The molecule has 0 aromatic rings. The van der Waals surface area contributed by atoms with Crippen LogP contribution in [-0.4, -0.2) is 26.0 Å². The largest absolute Gasteiger partial charge is 0.356 e. The molecular weight excluding hydrogens is 176 g/mol. The van der Waals surface area contributed by atoms with Crippen LogP contribution in [0.3, 0.4) is 0 Å². The van der Waals surface area contributed by atoms with Gasteiger partial charge in [-0.05, 0) is 31.8 Å². The predicted molar refractivity (Wildman–Crippen MR) is 55.9 cm³/mol. The Morgan fingerprint density at radius 3 is 2.71 bits per heavy atom. The topological polar surface area (TPSA) is 41.1 Å². The van der Waals surface area contributed by atoms with Gasteiger partial charge < -0.3 is 10.6 Å². The maximum absolute atomic E-state index is 11.6. The van der Waals surface area contributed by atoms with Gasteiger partial charge in [0, 0.05) is 12.5 Å². The molecule has 2 rings (SSSR count). The molecule has 0 spiro atoms. The molecule has 2 N–H and O–H groups in total. The quantitative estimate of drug-likeness (QED) is 0.697. The number of hydrogen-bond acceptors (Lipinski definition) is 2. The summed E-state index contributed by atoms with van der Waals surface area (Å²) >= 11 is 0. The van der Waals surface area contributed by atoms with Crippen molar-refractivity contribution < 1.29 is 4.79 Å². The normalized spacial score (nSPS) is 29.8. The van der Waals surface area contributed by atoms with Gasteiger partial charge in [-0.1, -0.05) is 19.3 Å². The molecule has 2 aliphatic rings. The third-order valence-corrected chi connectivity index (χ3v) is 3.80. The highest BCUT2D eigenvalue weighted by Gasteiger charge is 2.38. The molecule has 1 aliphatic heterocycles. The monoisotopic (exact) mass is 196 g/mol. The summed E-state index contributed by atoms with van der Waals surface area (Å²) in [6.45, 7) is 1.89. The van der Waals surface area contributed by atoms with Gasteiger partial charge in [0.1, 0.15) is 0 Å². The maximum Gasteiger partial charge on any atom is 0.223 e. The Hall–Kier alpha value is -0.570. The number of rotatable bonds is 4. The molecule has 1 saturated carbocycles. The molecule has 0 radical (unpaired) electrons. The highest BCUT2D eigenvalue weighted by molar-refractivity contribution is 5.80. The van der Waals surface area contributed by atoms with Gasteiger partial charge in [0.2, 0.25) is 5.91 Å². The molecule has 2 unspecified atom stereocenters. The summed E-state index contributed by atoms with van der Waals surface area (Å²) in [4.78, 5) is 11.6. The summed E-state index contributed by atoms with van der Waals surface area (Å²) in [5.74, 6) is 1.96. The van der Waals surface area contributed by atoms with Crippen molar-refractivity contribution in [2.75, 3.05) is 20.1 Å². The molecule has 2 fully saturated rings. The molecular formula is C11H20N2O. The van der Waals surface area contributed by atoms with Crippen LogP contribution in [0.4, 0.5) is 0 Å². The molecule has 1 amide bonds. The first-order chi connectivity index (χ1) is 6.83. The van der Waals surface area contributed by atoms with Crippen molar-refractivity contribution in [2.24, 2.45) is 17.8 Å². The van der Waals surface area contributed by atoms with Gasteiger partial charge in [0.05, 0.1) is 0 Å². The first kappa shape index (κ1) is 9.97. The second kappa shape index (κ2) is 4.30. The van der Waals surface area contributed by atoms with E-state index in [0.717, 1.165) is 25.4 Å². The summed E-state index contributed by atoms with van der Waals surface area (Å²) in [6, 6.07) is 0. The molecule has 3 nitrogen and oxygen atoms in total. The number of amides is 1.